The number of amides is 1. The second-order valence-electron chi connectivity index (χ2n) is 5.95. The molecule has 28 heavy (non-hydrogen) atoms. The number of aliphatic hydroxyl groups is 1. The minimum atomic E-state index is -1.03. The van der Waals surface area contributed by atoms with Gasteiger partial charge in [0.25, 0.3) is 5.78 Å². The van der Waals surface area contributed by atoms with Crippen LogP contribution in [0.15, 0.2) is 59.6 Å². The Kier molecular flexibility index (Phi) is 4.44. The Morgan fingerprint density at radius 2 is 1.61 bits per heavy atom. The van der Waals surface area contributed by atoms with Gasteiger partial charge in [-0.25, -0.2) is 8.78 Å². The highest BCUT2D eigenvalue weighted by molar-refractivity contribution is 7.13. The number of aliphatic hydroxyl groups excluding tert-OH is 1. The lowest BCUT2D eigenvalue weighted by Gasteiger charge is -2.22. The van der Waals surface area contributed by atoms with Gasteiger partial charge in [-0.05, 0) is 42.0 Å². The summed E-state index contributed by atoms with van der Waals surface area (Å²) in [5.74, 6) is -3.28. The van der Waals surface area contributed by atoms with E-state index in [1.807, 2.05) is 0 Å². The van der Waals surface area contributed by atoms with Gasteiger partial charge in [0.2, 0.25) is 5.13 Å². The van der Waals surface area contributed by atoms with Crippen LogP contribution in [0, 0.1) is 11.6 Å². The van der Waals surface area contributed by atoms with Crippen molar-refractivity contribution in [1.82, 2.24) is 10.2 Å². The third-order valence-corrected chi connectivity index (χ3v) is 4.99. The number of carbonyl (C=O) groups excluding carboxylic acids is 2. The number of hydrogen-bond donors (Lipinski definition) is 1. The van der Waals surface area contributed by atoms with Crippen LogP contribution in [0.25, 0.3) is 5.76 Å². The molecule has 1 fully saturated rings. The van der Waals surface area contributed by atoms with E-state index < -0.39 is 35.1 Å². The molecule has 9 heteroatoms. The first-order valence-corrected chi connectivity index (χ1v) is 8.94. The van der Waals surface area contributed by atoms with Crippen LogP contribution in [0.3, 0.4) is 0 Å². The van der Waals surface area contributed by atoms with E-state index in [2.05, 4.69) is 10.2 Å². The van der Waals surface area contributed by atoms with Crippen LogP contribution in [0.1, 0.15) is 17.2 Å². The van der Waals surface area contributed by atoms with Crippen LogP contribution in [-0.4, -0.2) is 27.0 Å². The number of rotatable bonds is 3. The highest BCUT2D eigenvalue weighted by atomic mass is 32.1. The minimum absolute atomic E-state index is 0.162. The number of carbonyl (C=O) groups is 2. The van der Waals surface area contributed by atoms with E-state index in [0.29, 0.717) is 5.56 Å². The molecule has 1 aliphatic heterocycles. The van der Waals surface area contributed by atoms with Crippen LogP contribution < -0.4 is 4.90 Å². The molecule has 1 atom stereocenters. The third-order valence-electron chi connectivity index (χ3n) is 4.30. The van der Waals surface area contributed by atoms with Gasteiger partial charge in [-0.2, -0.15) is 0 Å². The number of ketones is 1. The summed E-state index contributed by atoms with van der Waals surface area (Å²) in [7, 11) is 0. The van der Waals surface area contributed by atoms with E-state index >= 15 is 0 Å². The van der Waals surface area contributed by atoms with Crippen LogP contribution in [0.5, 0.6) is 0 Å². The summed E-state index contributed by atoms with van der Waals surface area (Å²) in [4.78, 5) is 26.5. The molecule has 2 heterocycles. The number of nitrogens with zero attached hydrogens (tertiary/aromatic N) is 3. The lowest BCUT2D eigenvalue weighted by atomic mass is 9.95. The van der Waals surface area contributed by atoms with Crippen molar-refractivity contribution in [3.8, 4) is 0 Å². The van der Waals surface area contributed by atoms with Crippen molar-refractivity contribution in [1.29, 1.82) is 0 Å². The number of hydrogen-bond acceptors (Lipinski definition) is 6. The van der Waals surface area contributed by atoms with Gasteiger partial charge in [0, 0.05) is 5.56 Å². The van der Waals surface area contributed by atoms with Gasteiger partial charge in [-0.15, -0.1) is 10.2 Å². The molecule has 1 N–H and O–H groups in total. The first-order chi connectivity index (χ1) is 13.5. The standard InChI is InChI=1S/C19H11F2N3O3S/c20-12-5-1-10(2-6-12)15-14(16(25)11-3-7-13(21)8-4-11)17(26)18(27)24(15)19-23-22-9-28-19/h1-9,15,25H/t15-/m1/s1. The second kappa shape index (κ2) is 6.93. The molecule has 140 valence electrons. The van der Waals surface area contributed by atoms with E-state index in [4.69, 9.17) is 0 Å². The molecule has 0 radical (unpaired) electrons. The van der Waals surface area contributed by atoms with E-state index in [1.54, 1.807) is 0 Å². The minimum Gasteiger partial charge on any atom is -0.507 e. The molecule has 6 nitrogen and oxygen atoms in total. The third kappa shape index (κ3) is 2.95. The van der Waals surface area contributed by atoms with Gasteiger partial charge in [-0.3, -0.25) is 14.5 Å². The lowest BCUT2D eigenvalue weighted by Crippen LogP contribution is -2.29. The maximum atomic E-state index is 13.4. The molecule has 4 rings (SSSR count). The quantitative estimate of drug-likeness (QED) is 0.414. The summed E-state index contributed by atoms with van der Waals surface area (Å²) < 4.78 is 26.6. The van der Waals surface area contributed by atoms with Crippen molar-refractivity contribution in [2.24, 2.45) is 0 Å². The van der Waals surface area contributed by atoms with E-state index in [-0.39, 0.29) is 16.3 Å². The summed E-state index contributed by atoms with van der Waals surface area (Å²) in [6.45, 7) is 0. The largest absolute Gasteiger partial charge is 0.507 e. The summed E-state index contributed by atoms with van der Waals surface area (Å²) in [5.41, 5.74) is 1.78. The number of Topliss-reactive ketones (excluding diaryl/α,β-unsaturated/α-hetero) is 1. The van der Waals surface area contributed by atoms with Gasteiger partial charge in [0.05, 0.1) is 11.6 Å². The molecule has 0 spiro atoms. The molecular weight excluding hydrogens is 388 g/mol. The predicted molar refractivity (Wildman–Crippen MR) is 97.5 cm³/mol. The normalized spacial score (nSPS) is 18.6. The van der Waals surface area contributed by atoms with Crippen molar-refractivity contribution in [3.05, 3.63) is 82.4 Å². The summed E-state index contributed by atoms with van der Waals surface area (Å²) in [6.07, 6.45) is 0. The Morgan fingerprint density at radius 3 is 2.18 bits per heavy atom. The molecule has 1 aromatic heterocycles. The molecule has 0 bridgehead atoms. The second-order valence-corrected chi connectivity index (χ2v) is 6.76. The number of anilines is 1. The molecule has 2 aromatic carbocycles. The Balaban J connectivity index is 1.93. The number of benzene rings is 2. The van der Waals surface area contributed by atoms with Gasteiger partial charge in [0.1, 0.15) is 22.9 Å². The molecule has 1 saturated heterocycles. The van der Waals surface area contributed by atoms with Gasteiger partial charge < -0.3 is 5.11 Å². The van der Waals surface area contributed by atoms with Crippen molar-refractivity contribution < 1.29 is 23.5 Å². The van der Waals surface area contributed by atoms with Gasteiger partial charge in [-0.1, -0.05) is 23.5 Å². The van der Waals surface area contributed by atoms with E-state index in [1.165, 1.54) is 41.9 Å². The van der Waals surface area contributed by atoms with Gasteiger partial charge in [0.15, 0.2) is 0 Å². The average Bonchev–Trinajstić information content (AvgIpc) is 3.30. The molecule has 0 unspecified atom stereocenters. The summed E-state index contributed by atoms with van der Waals surface area (Å²) >= 11 is 1.04. The topological polar surface area (TPSA) is 83.4 Å². The Hall–Kier alpha value is -3.46. The van der Waals surface area contributed by atoms with Crippen molar-refractivity contribution in [2.75, 3.05) is 4.90 Å². The summed E-state index contributed by atoms with van der Waals surface area (Å²) in [6, 6.07) is 9.02. The Bertz CT molecular complexity index is 1080. The summed E-state index contributed by atoms with van der Waals surface area (Å²) in [5, 5.41) is 18.5. The molecule has 0 saturated carbocycles. The zero-order chi connectivity index (χ0) is 19.8. The maximum absolute atomic E-state index is 13.4. The van der Waals surface area contributed by atoms with Crippen LogP contribution in [0.4, 0.5) is 13.9 Å². The number of aromatic nitrogens is 2. The Labute approximate surface area is 161 Å². The monoisotopic (exact) mass is 399 g/mol. The zero-order valence-electron chi connectivity index (χ0n) is 14.0. The first-order valence-electron chi connectivity index (χ1n) is 8.06. The van der Waals surface area contributed by atoms with Crippen molar-refractivity contribution in [3.63, 3.8) is 0 Å². The fourth-order valence-corrected chi connectivity index (χ4v) is 3.61. The van der Waals surface area contributed by atoms with E-state index in [0.717, 1.165) is 28.4 Å². The predicted octanol–water partition coefficient (Wildman–Crippen LogP) is 3.44. The Morgan fingerprint density at radius 1 is 1.00 bits per heavy atom. The molecule has 0 aliphatic carbocycles. The highest BCUT2D eigenvalue weighted by Crippen LogP contribution is 2.42. The zero-order valence-corrected chi connectivity index (χ0v) is 14.9. The van der Waals surface area contributed by atoms with Gasteiger partial charge >= 0.3 is 5.91 Å². The smallest absolute Gasteiger partial charge is 0.301 e. The SMILES string of the molecule is O=C1C(=O)N(c2nncs2)[C@H](c2ccc(F)cc2)C1=C(O)c1ccc(F)cc1. The first kappa shape index (κ1) is 17.9. The van der Waals surface area contributed by atoms with Crippen molar-refractivity contribution in [2.45, 2.75) is 6.04 Å². The molecular formula is C19H11F2N3O3S. The highest BCUT2D eigenvalue weighted by Gasteiger charge is 2.48. The molecule has 3 aromatic rings. The van der Waals surface area contributed by atoms with Crippen molar-refractivity contribution >= 4 is 33.9 Å². The number of halogens is 2. The van der Waals surface area contributed by atoms with Crippen LogP contribution in [-0.2, 0) is 9.59 Å². The van der Waals surface area contributed by atoms with E-state index in [9.17, 15) is 23.5 Å². The molecule has 1 amide bonds. The fourth-order valence-electron chi connectivity index (χ4n) is 3.03. The average molecular weight is 399 g/mol. The fraction of sp³-hybridized carbons (Fsp3) is 0.0526. The van der Waals surface area contributed by atoms with Crippen LogP contribution in [0.2, 0.25) is 0 Å². The molecule has 1 aliphatic rings. The van der Waals surface area contributed by atoms with Crippen LogP contribution >= 0.6 is 11.3 Å². The maximum Gasteiger partial charge on any atom is 0.301 e. The lowest BCUT2D eigenvalue weighted by molar-refractivity contribution is -0.132.